The third-order valence-electron chi connectivity index (χ3n) is 4.11. The summed E-state index contributed by atoms with van der Waals surface area (Å²) in [7, 11) is 0. The summed E-state index contributed by atoms with van der Waals surface area (Å²) in [4.78, 5) is 14.2. The molecule has 1 aliphatic heterocycles. The molecule has 1 aliphatic rings. The van der Waals surface area contributed by atoms with E-state index in [-0.39, 0.29) is 17.4 Å². The van der Waals surface area contributed by atoms with Gasteiger partial charge in [-0.15, -0.1) is 15.3 Å². The fourth-order valence-corrected chi connectivity index (χ4v) is 2.90. The average molecular weight is 362 g/mol. The molecule has 2 aromatic heterocycles. The van der Waals surface area contributed by atoms with Crippen molar-refractivity contribution >= 4 is 23.1 Å². The molecule has 0 aliphatic carbocycles. The van der Waals surface area contributed by atoms with Gasteiger partial charge in [0.05, 0.1) is 0 Å². The van der Waals surface area contributed by atoms with E-state index in [2.05, 4.69) is 20.6 Å². The Morgan fingerprint density at radius 1 is 1.08 bits per heavy atom. The van der Waals surface area contributed by atoms with Gasteiger partial charge in [0.2, 0.25) is 5.91 Å². The molecule has 1 amide bonds. The van der Waals surface area contributed by atoms with Gasteiger partial charge in [0, 0.05) is 12.2 Å². The minimum Gasteiger partial charge on any atom is -0.357 e. The zero-order valence-electron chi connectivity index (χ0n) is 13.3. The Kier molecular flexibility index (Phi) is 3.74. The van der Waals surface area contributed by atoms with Crippen LogP contribution < -0.4 is 10.2 Å². The molecule has 1 saturated heterocycles. The van der Waals surface area contributed by atoms with Crippen LogP contribution in [0.25, 0.3) is 5.65 Å². The number of anilines is 2. The topological polar surface area (TPSA) is 75.4 Å². The third-order valence-corrected chi connectivity index (χ3v) is 4.11. The molecule has 0 spiro atoms. The molecule has 26 heavy (non-hydrogen) atoms. The lowest BCUT2D eigenvalue weighted by Gasteiger charge is -2.17. The first-order chi connectivity index (χ1) is 12.4. The fraction of sp³-hybridized carbons (Fsp3) is 0.250. The van der Waals surface area contributed by atoms with E-state index in [0.717, 1.165) is 5.69 Å². The van der Waals surface area contributed by atoms with Gasteiger partial charge < -0.3 is 10.2 Å². The third kappa shape index (κ3) is 2.83. The van der Waals surface area contributed by atoms with Gasteiger partial charge in [0.25, 0.3) is 5.82 Å². The van der Waals surface area contributed by atoms with Gasteiger partial charge in [-0.3, -0.25) is 4.79 Å². The van der Waals surface area contributed by atoms with Crippen LogP contribution in [0.2, 0.25) is 0 Å². The smallest absolute Gasteiger partial charge is 0.357 e. The zero-order valence-corrected chi connectivity index (χ0v) is 13.3. The predicted molar refractivity (Wildman–Crippen MR) is 86.6 cm³/mol. The highest BCUT2D eigenvalue weighted by atomic mass is 19.4. The number of carbonyl (C=O) groups is 1. The highest BCUT2D eigenvalue weighted by Crippen LogP contribution is 2.28. The molecule has 1 aromatic carbocycles. The van der Waals surface area contributed by atoms with Crippen LogP contribution in [-0.2, 0) is 11.0 Å². The lowest BCUT2D eigenvalue weighted by atomic mass is 10.2. The number of hydrogen-bond donors (Lipinski definition) is 1. The number of alkyl halides is 3. The van der Waals surface area contributed by atoms with Gasteiger partial charge in [-0.25, -0.2) is 0 Å². The molecule has 10 heteroatoms. The van der Waals surface area contributed by atoms with E-state index in [1.54, 1.807) is 4.90 Å². The van der Waals surface area contributed by atoms with E-state index in [1.165, 1.54) is 12.1 Å². The van der Waals surface area contributed by atoms with Gasteiger partial charge in [0.1, 0.15) is 11.9 Å². The summed E-state index contributed by atoms with van der Waals surface area (Å²) < 4.78 is 39.5. The molecule has 0 saturated carbocycles. The summed E-state index contributed by atoms with van der Waals surface area (Å²) in [5, 5.41) is 13.4. The van der Waals surface area contributed by atoms with E-state index in [4.69, 9.17) is 0 Å². The van der Waals surface area contributed by atoms with Gasteiger partial charge in [-0.1, -0.05) is 18.2 Å². The second-order valence-corrected chi connectivity index (χ2v) is 5.82. The molecule has 7 nitrogen and oxygen atoms in total. The summed E-state index contributed by atoms with van der Waals surface area (Å²) in [6, 6.07) is 11.5. The number of aromatic nitrogens is 4. The van der Waals surface area contributed by atoms with Crippen LogP contribution in [-0.4, -0.2) is 38.3 Å². The summed E-state index contributed by atoms with van der Waals surface area (Å²) in [6.45, 7) is 0.517. The summed E-state index contributed by atoms with van der Waals surface area (Å²) in [6.07, 6.45) is -4.15. The standard InChI is InChI=1S/C16H13F3N6O/c17-16(18,19)15-22-21-13-7-6-12(23-25(13)15)20-11-8-9-24(14(11)26)10-4-2-1-3-5-10/h1-7,11H,8-9H2,(H,20,23). The molecule has 4 rings (SSSR count). The number of hydrogen-bond acceptors (Lipinski definition) is 5. The molecule has 1 fully saturated rings. The van der Waals surface area contributed by atoms with Crippen molar-refractivity contribution in [2.75, 3.05) is 16.8 Å². The first-order valence-electron chi connectivity index (χ1n) is 7.86. The van der Waals surface area contributed by atoms with Crippen LogP contribution in [0.15, 0.2) is 42.5 Å². The molecule has 3 aromatic rings. The van der Waals surface area contributed by atoms with Crippen LogP contribution in [0.5, 0.6) is 0 Å². The number of carbonyl (C=O) groups excluding carboxylic acids is 1. The number of para-hydroxylation sites is 1. The molecule has 1 N–H and O–H groups in total. The maximum Gasteiger partial charge on any atom is 0.453 e. The van der Waals surface area contributed by atoms with E-state index in [9.17, 15) is 18.0 Å². The minimum atomic E-state index is -4.67. The molecule has 3 heterocycles. The first-order valence-corrected chi connectivity index (χ1v) is 7.86. The van der Waals surface area contributed by atoms with E-state index in [0.29, 0.717) is 17.5 Å². The first kappa shape index (κ1) is 16.3. The zero-order chi connectivity index (χ0) is 18.3. The van der Waals surface area contributed by atoms with Crippen molar-refractivity contribution in [3.05, 3.63) is 48.3 Å². The van der Waals surface area contributed by atoms with Crippen LogP contribution in [0.3, 0.4) is 0 Å². The Morgan fingerprint density at radius 2 is 1.85 bits per heavy atom. The minimum absolute atomic E-state index is 0.0217. The average Bonchev–Trinajstić information content (AvgIpc) is 3.19. The van der Waals surface area contributed by atoms with Crippen LogP contribution in [0, 0.1) is 0 Å². The highest BCUT2D eigenvalue weighted by molar-refractivity contribution is 6.00. The van der Waals surface area contributed by atoms with Crippen LogP contribution in [0.1, 0.15) is 12.2 Å². The lowest BCUT2D eigenvalue weighted by molar-refractivity contribution is -0.146. The Morgan fingerprint density at radius 3 is 2.58 bits per heavy atom. The Hall–Kier alpha value is -3.17. The predicted octanol–water partition coefficient (Wildman–Crippen LogP) is 2.36. The van der Waals surface area contributed by atoms with Crippen molar-refractivity contribution in [1.82, 2.24) is 19.8 Å². The maximum absolute atomic E-state index is 12.9. The number of amides is 1. The molecule has 134 valence electrons. The SMILES string of the molecule is O=C1C(Nc2ccc3nnc(C(F)(F)F)n3n2)CCN1c1ccccc1. The molecule has 1 atom stereocenters. The lowest BCUT2D eigenvalue weighted by Crippen LogP contribution is -2.33. The van der Waals surface area contributed by atoms with E-state index >= 15 is 0 Å². The summed E-state index contributed by atoms with van der Waals surface area (Å²) in [5.74, 6) is -1.21. The molecule has 1 unspecified atom stereocenters. The van der Waals surface area contributed by atoms with Gasteiger partial charge in [-0.05, 0) is 30.7 Å². The largest absolute Gasteiger partial charge is 0.453 e. The Bertz CT molecular complexity index is 956. The number of fused-ring (bicyclic) bond motifs is 1. The normalized spacial score (nSPS) is 17.9. The summed E-state index contributed by atoms with van der Waals surface area (Å²) >= 11 is 0. The quantitative estimate of drug-likeness (QED) is 0.774. The van der Waals surface area contributed by atoms with Crippen molar-refractivity contribution in [3.63, 3.8) is 0 Å². The number of benzene rings is 1. The Labute approximate surface area is 145 Å². The van der Waals surface area contributed by atoms with Crippen molar-refractivity contribution in [2.45, 2.75) is 18.6 Å². The van der Waals surface area contributed by atoms with Crippen LogP contribution >= 0.6 is 0 Å². The van der Waals surface area contributed by atoms with Gasteiger partial charge in [-0.2, -0.15) is 17.7 Å². The number of halogens is 3. The molecular formula is C16H13F3N6O. The Balaban J connectivity index is 1.57. The number of nitrogens with one attached hydrogen (secondary N) is 1. The maximum atomic E-state index is 12.9. The van der Waals surface area contributed by atoms with Gasteiger partial charge in [0.15, 0.2) is 5.65 Å². The molecule has 0 bridgehead atoms. The summed E-state index contributed by atoms with van der Waals surface area (Å²) in [5.41, 5.74) is 0.759. The van der Waals surface area contributed by atoms with Crippen molar-refractivity contribution < 1.29 is 18.0 Å². The molecule has 0 radical (unpaired) electrons. The van der Waals surface area contributed by atoms with Crippen molar-refractivity contribution in [3.8, 4) is 0 Å². The second kappa shape index (κ2) is 5.97. The van der Waals surface area contributed by atoms with Gasteiger partial charge >= 0.3 is 6.18 Å². The van der Waals surface area contributed by atoms with E-state index < -0.39 is 18.0 Å². The van der Waals surface area contributed by atoms with E-state index in [1.807, 2.05) is 30.3 Å². The van der Waals surface area contributed by atoms with Crippen LogP contribution in [0.4, 0.5) is 24.7 Å². The monoisotopic (exact) mass is 362 g/mol. The highest BCUT2D eigenvalue weighted by Gasteiger charge is 2.38. The number of rotatable bonds is 3. The van der Waals surface area contributed by atoms with Crippen molar-refractivity contribution in [1.29, 1.82) is 0 Å². The van der Waals surface area contributed by atoms with Crippen molar-refractivity contribution in [2.24, 2.45) is 0 Å². The second-order valence-electron chi connectivity index (χ2n) is 5.82. The molecular weight excluding hydrogens is 349 g/mol. The fourth-order valence-electron chi connectivity index (χ4n) is 2.90. The number of nitrogens with zero attached hydrogens (tertiary/aromatic N) is 5.